The molecule has 3 aromatic rings. The second kappa shape index (κ2) is 4.31. The zero-order chi connectivity index (χ0) is 15.4. The lowest BCUT2D eigenvalue weighted by molar-refractivity contribution is 0.106. The lowest BCUT2D eigenvalue weighted by Gasteiger charge is -2.15. The Labute approximate surface area is 127 Å². The molecule has 0 saturated heterocycles. The Hall–Kier alpha value is -2.88. The highest BCUT2D eigenvalue weighted by atomic mass is 16.1. The first-order valence-corrected chi connectivity index (χ1v) is 7.19. The molecule has 0 unspecified atom stereocenters. The molecule has 0 aliphatic heterocycles. The minimum absolute atomic E-state index is 0.0161. The summed E-state index contributed by atoms with van der Waals surface area (Å²) in [5, 5.41) is 9.12. The van der Waals surface area contributed by atoms with Crippen molar-refractivity contribution in [1.82, 2.24) is 9.97 Å². The molecule has 3 N–H and O–H groups in total. The maximum atomic E-state index is 12.2. The van der Waals surface area contributed by atoms with Gasteiger partial charge < -0.3 is 9.97 Å². The first-order chi connectivity index (χ1) is 10.6. The van der Waals surface area contributed by atoms with E-state index in [0.717, 1.165) is 38.9 Å². The summed E-state index contributed by atoms with van der Waals surface area (Å²) in [5.41, 5.74) is 6.52. The molecule has 0 amide bonds. The predicted octanol–water partition coefficient (Wildman–Crippen LogP) is 3.76. The van der Waals surface area contributed by atoms with Crippen LogP contribution in [-0.2, 0) is 0 Å². The van der Waals surface area contributed by atoms with Crippen LogP contribution in [0.25, 0.3) is 16.5 Å². The third kappa shape index (κ3) is 1.58. The van der Waals surface area contributed by atoms with Gasteiger partial charge in [0, 0.05) is 28.2 Å². The van der Waals surface area contributed by atoms with E-state index in [-0.39, 0.29) is 11.5 Å². The van der Waals surface area contributed by atoms with Crippen molar-refractivity contribution in [2.24, 2.45) is 0 Å². The number of nitrogens with one attached hydrogen (secondary N) is 3. The summed E-state index contributed by atoms with van der Waals surface area (Å²) in [7, 11) is 0. The highest BCUT2D eigenvalue weighted by molar-refractivity contribution is 6.51. The van der Waals surface area contributed by atoms with Gasteiger partial charge in [0.15, 0.2) is 0 Å². The van der Waals surface area contributed by atoms with Crippen LogP contribution in [0.3, 0.4) is 0 Å². The number of carbonyl (C=O) groups is 1. The van der Waals surface area contributed by atoms with E-state index in [2.05, 4.69) is 23.0 Å². The Bertz CT molecular complexity index is 985. The van der Waals surface area contributed by atoms with Gasteiger partial charge in [0.25, 0.3) is 0 Å². The molecule has 4 nitrogen and oxygen atoms in total. The predicted molar refractivity (Wildman–Crippen MR) is 87.7 cm³/mol. The van der Waals surface area contributed by atoms with Crippen molar-refractivity contribution >= 4 is 28.0 Å². The molecule has 108 valence electrons. The zero-order valence-corrected chi connectivity index (χ0v) is 12.4. The zero-order valence-electron chi connectivity index (χ0n) is 12.4. The SMILES string of the molecule is Cc1c[nH]c2c1C(c1[nH]c3ccccc3c1C)=CC(=N)C2=O. The molecule has 0 atom stereocenters. The molecule has 1 aliphatic carbocycles. The van der Waals surface area contributed by atoms with E-state index in [9.17, 15) is 4.79 Å². The molecule has 1 aliphatic rings. The highest BCUT2D eigenvalue weighted by Gasteiger charge is 2.28. The van der Waals surface area contributed by atoms with Crippen LogP contribution in [0.4, 0.5) is 0 Å². The van der Waals surface area contributed by atoms with Crippen molar-refractivity contribution in [3.63, 3.8) is 0 Å². The summed E-state index contributed by atoms with van der Waals surface area (Å²) in [6.07, 6.45) is 3.50. The number of fused-ring (bicyclic) bond motifs is 2. The number of benzene rings is 1. The lowest BCUT2D eigenvalue weighted by atomic mass is 9.89. The molecule has 0 saturated carbocycles. The number of hydrogen-bond donors (Lipinski definition) is 3. The van der Waals surface area contributed by atoms with E-state index in [4.69, 9.17) is 5.41 Å². The second-order valence-electron chi connectivity index (χ2n) is 5.69. The number of aromatic nitrogens is 2. The van der Waals surface area contributed by atoms with Gasteiger partial charge in [-0.3, -0.25) is 10.2 Å². The number of para-hydroxylation sites is 1. The third-order valence-corrected chi connectivity index (χ3v) is 4.34. The largest absolute Gasteiger partial charge is 0.358 e. The van der Waals surface area contributed by atoms with Crippen LogP contribution in [0.5, 0.6) is 0 Å². The summed E-state index contributed by atoms with van der Waals surface area (Å²) in [4.78, 5) is 18.6. The van der Waals surface area contributed by atoms with Gasteiger partial charge in [-0.25, -0.2) is 0 Å². The van der Waals surface area contributed by atoms with Gasteiger partial charge in [-0.05, 0) is 37.1 Å². The molecular formula is C18H15N3O. The van der Waals surface area contributed by atoms with Crippen molar-refractivity contribution in [3.8, 4) is 0 Å². The number of rotatable bonds is 1. The molecule has 0 spiro atoms. The van der Waals surface area contributed by atoms with Gasteiger partial charge in [-0.15, -0.1) is 0 Å². The first kappa shape index (κ1) is 12.8. The number of hydrogen-bond acceptors (Lipinski definition) is 2. The lowest BCUT2D eigenvalue weighted by Crippen LogP contribution is -2.18. The van der Waals surface area contributed by atoms with E-state index in [1.807, 2.05) is 31.3 Å². The summed E-state index contributed by atoms with van der Waals surface area (Å²) >= 11 is 0. The van der Waals surface area contributed by atoms with Crippen LogP contribution in [0, 0.1) is 19.3 Å². The van der Waals surface area contributed by atoms with Crippen molar-refractivity contribution in [2.75, 3.05) is 0 Å². The molecule has 0 bridgehead atoms. The van der Waals surface area contributed by atoms with Crippen LogP contribution in [-0.4, -0.2) is 21.5 Å². The van der Waals surface area contributed by atoms with E-state index in [0.29, 0.717) is 5.69 Å². The van der Waals surface area contributed by atoms with Crippen molar-refractivity contribution < 1.29 is 4.79 Å². The number of aryl methyl sites for hydroxylation is 2. The molecule has 4 heteroatoms. The van der Waals surface area contributed by atoms with E-state index in [1.165, 1.54) is 0 Å². The summed E-state index contributed by atoms with van der Waals surface area (Å²) in [5.74, 6) is -0.249. The molecule has 0 radical (unpaired) electrons. The second-order valence-corrected chi connectivity index (χ2v) is 5.69. The van der Waals surface area contributed by atoms with Crippen LogP contribution >= 0.6 is 0 Å². The highest BCUT2D eigenvalue weighted by Crippen LogP contribution is 2.36. The fourth-order valence-corrected chi connectivity index (χ4v) is 3.21. The van der Waals surface area contributed by atoms with E-state index < -0.39 is 0 Å². The van der Waals surface area contributed by atoms with E-state index >= 15 is 0 Å². The van der Waals surface area contributed by atoms with Gasteiger partial charge in [-0.2, -0.15) is 0 Å². The average molecular weight is 289 g/mol. The Kier molecular flexibility index (Phi) is 2.51. The summed E-state index contributed by atoms with van der Waals surface area (Å²) < 4.78 is 0. The van der Waals surface area contributed by atoms with Crippen molar-refractivity contribution in [2.45, 2.75) is 13.8 Å². The maximum Gasteiger partial charge on any atom is 0.227 e. The molecule has 1 aromatic carbocycles. The third-order valence-electron chi connectivity index (χ3n) is 4.34. The topological polar surface area (TPSA) is 72.5 Å². The Morgan fingerprint density at radius 2 is 1.86 bits per heavy atom. The molecule has 4 rings (SSSR count). The maximum absolute atomic E-state index is 12.2. The Balaban J connectivity index is 2.04. The number of carbonyl (C=O) groups excluding carboxylic acids is 1. The number of Topliss-reactive ketones (excluding diaryl/α,β-unsaturated/α-hetero) is 1. The molecule has 22 heavy (non-hydrogen) atoms. The summed E-state index contributed by atoms with van der Waals surface area (Å²) in [6, 6.07) is 8.13. The number of H-pyrrole nitrogens is 2. The van der Waals surface area contributed by atoms with Crippen LogP contribution in [0.1, 0.15) is 32.9 Å². The van der Waals surface area contributed by atoms with Crippen LogP contribution in [0.2, 0.25) is 0 Å². The van der Waals surface area contributed by atoms with Crippen molar-refractivity contribution in [3.05, 3.63) is 64.6 Å². The Morgan fingerprint density at radius 1 is 1.09 bits per heavy atom. The molecule has 2 heterocycles. The van der Waals surface area contributed by atoms with Crippen LogP contribution in [0.15, 0.2) is 36.5 Å². The first-order valence-electron chi connectivity index (χ1n) is 7.19. The smallest absolute Gasteiger partial charge is 0.227 e. The van der Waals surface area contributed by atoms with Crippen LogP contribution < -0.4 is 0 Å². The standard InChI is InChI=1S/C18H15N3O/c1-9-8-20-17-15(9)12(7-13(19)18(17)22)16-10(2)11-5-3-4-6-14(11)21-16/h3-8,19-21H,1-2H3. The van der Waals surface area contributed by atoms with Gasteiger partial charge in [0.1, 0.15) is 5.71 Å². The Morgan fingerprint density at radius 3 is 2.64 bits per heavy atom. The fourth-order valence-electron chi connectivity index (χ4n) is 3.21. The van der Waals surface area contributed by atoms with Gasteiger partial charge in [-0.1, -0.05) is 18.2 Å². The number of aromatic amines is 2. The van der Waals surface area contributed by atoms with Crippen molar-refractivity contribution in [1.29, 1.82) is 5.41 Å². The monoisotopic (exact) mass is 289 g/mol. The number of ketones is 1. The fraction of sp³-hybridized carbons (Fsp3) is 0.111. The molecule has 2 aromatic heterocycles. The minimum atomic E-state index is -0.249. The quantitative estimate of drug-likeness (QED) is 0.627. The van der Waals surface area contributed by atoms with Gasteiger partial charge in [0.05, 0.1) is 11.4 Å². The minimum Gasteiger partial charge on any atom is -0.358 e. The summed E-state index contributed by atoms with van der Waals surface area (Å²) in [6.45, 7) is 4.04. The van der Waals surface area contributed by atoms with Gasteiger partial charge in [0.2, 0.25) is 5.78 Å². The normalized spacial score (nSPS) is 14.4. The number of allylic oxidation sites excluding steroid dienone is 1. The molecule has 0 fully saturated rings. The van der Waals surface area contributed by atoms with Gasteiger partial charge >= 0.3 is 0 Å². The van der Waals surface area contributed by atoms with E-state index in [1.54, 1.807) is 6.08 Å². The molecular weight excluding hydrogens is 274 g/mol. The average Bonchev–Trinajstić information content (AvgIpc) is 3.05.